The van der Waals surface area contributed by atoms with Gasteiger partial charge in [0.1, 0.15) is 0 Å². The largest absolute Gasteiger partial charge is 0.673 e. The second kappa shape index (κ2) is 6.84. The molecule has 0 N–H and O–H groups in total. The number of benzene rings is 2. The van der Waals surface area contributed by atoms with E-state index in [0.29, 0.717) is 0 Å². The highest BCUT2D eigenvalue weighted by molar-refractivity contribution is 6.50. The molecule has 1 nitrogen and oxygen atoms in total. The van der Waals surface area contributed by atoms with Crippen molar-refractivity contribution in [1.29, 1.82) is 0 Å². The summed E-state index contributed by atoms with van der Waals surface area (Å²) in [6.07, 6.45) is 4.41. The molecular formula is C21H17BF4O. The molecule has 0 amide bonds. The van der Waals surface area contributed by atoms with Gasteiger partial charge in [-0.3, -0.25) is 0 Å². The number of halogens is 4. The first-order valence-corrected chi connectivity index (χ1v) is 8.93. The number of hydrogen-bond donors (Lipinski definition) is 0. The van der Waals surface area contributed by atoms with Crippen molar-refractivity contribution in [2.45, 2.75) is 25.7 Å². The summed E-state index contributed by atoms with van der Waals surface area (Å²) in [7, 11) is -6.00. The molecule has 2 aliphatic carbocycles. The van der Waals surface area contributed by atoms with Gasteiger partial charge in [0.15, 0.2) is 0 Å². The van der Waals surface area contributed by atoms with Gasteiger partial charge in [0.05, 0.1) is 22.3 Å². The number of hydrogen-bond acceptors (Lipinski definition) is 0. The molecule has 1 aromatic heterocycles. The Morgan fingerprint density at radius 1 is 0.593 bits per heavy atom. The molecule has 6 heteroatoms. The zero-order chi connectivity index (χ0) is 19.0. The van der Waals surface area contributed by atoms with Crippen molar-refractivity contribution in [3.8, 4) is 22.6 Å². The van der Waals surface area contributed by atoms with E-state index in [2.05, 4.69) is 54.6 Å². The topological polar surface area (TPSA) is 11.3 Å². The Bertz CT molecular complexity index is 921. The van der Waals surface area contributed by atoms with E-state index < -0.39 is 7.25 Å². The van der Waals surface area contributed by atoms with Crippen LogP contribution in [0.2, 0.25) is 0 Å². The molecule has 138 valence electrons. The summed E-state index contributed by atoms with van der Waals surface area (Å²) in [6, 6.07) is 19.7. The molecule has 0 saturated heterocycles. The van der Waals surface area contributed by atoms with Crippen molar-refractivity contribution in [2.24, 2.45) is 0 Å². The molecule has 0 atom stereocenters. The van der Waals surface area contributed by atoms with E-state index in [0.717, 1.165) is 37.2 Å². The fourth-order valence-corrected chi connectivity index (χ4v) is 3.86. The molecule has 0 saturated carbocycles. The number of fused-ring (bicyclic) bond motifs is 6. The second-order valence-corrected chi connectivity index (χ2v) is 6.76. The van der Waals surface area contributed by atoms with Gasteiger partial charge < -0.3 is 17.3 Å². The van der Waals surface area contributed by atoms with Crippen LogP contribution in [0.5, 0.6) is 0 Å². The van der Waals surface area contributed by atoms with Crippen molar-refractivity contribution in [1.82, 2.24) is 0 Å². The van der Waals surface area contributed by atoms with Crippen molar-refractivity contribution >= 4 is 7.25 Å². The van der Waals surface area contributed by atoms with Crippen molar-refractivity contribution in [2.75, 3.05) is 0 Å². The Morgan fingerprint density at radius 3 is 1.41 bits per heavy atom. The summed E-state index contributed by atoms with van der Waals surface area (Å²) in [5, 5.41) is 0. The molecule has 0 bridgehead atoms. The zero-order valence-electron chi connectivity index (χ0n) is 14.5. The van der Waals surface area contributed by atoms with Crippen LogP contribution in [0, 0.1) is 0 Å². The van der Waals surface area contributed by atoms with Gasteiger partial charge in [0.2, 0.25) is 0 Å². The van der Waals surface area contributed by atoms with Gasteiger partial charge in [-0.2, -0.15) is 0 Å². The molecule has 3 aromatic rings. The van der Waals surface area contributed by atoms with Crippen LogP contribution in [0.4, 0.5) is 17.3 Å². The molecule has 1 heterocycles. The molecule has 0 aliphatic heterocycles. The van der Waals surface area contributed by atoms with Crippen molar-refractivity contribution in [3.05, 3.63) is 76.9 Å². The van der Waals surface area contributed by atoms with Gasteiger partial charge >= 0.3 is 18.8 Å². The van der Waals surface area contributed by atoms with Crippen LogP contribution < -0.4 is 0 Å². The summed E-state index contributed by atoms with van der Waals surface area (Å²) in [6.45, 7) is 0. The predicted octanol–water partition coefficient (Wildman–Crippen LogP) is 6.39. The highest BCUT2D eigenvalue weighted by Gasteiger charge is 2.33. The van der Waals surface area contributed by atoms with E-state index in [4.69, 9.17) is 4.42 Å². The van der Waals surface area contributed by atoms with Crippen LogP contribution in [0.25, 0.3) is 22.6 Å². The quantitative estimate of drug-likeness (QED) is 0.253. The Hall–Kier alpha value is -2.63. The molecule has 2 aromatic carbocycles. The molecule has 2 aliphatic rings. The van der Waals surface area contributed by atoms with Gasteiger partial charge in [-0.05, 0) is 55.0 Å². The van der Waals surface area contributed by atoms with Crippen LogP contribution in [0.1, 0.15) is 22.3 Å². The third kappa shape index (κ3) is 3.75. The van der Waals surface area contributed by atoms with Gasteiger partial charge in [0, 0.05) is 0 Å². The van der Waals surface area contributed by atoms with Crippen LogP contribution in [-0.4, -0.2) is 7.25 Å². The van der Waals surface area contributed by atoms with Gasteiger partial charge in [-0.25, -0.2) is 4.42 Å². The molecule has 0 unspecified atom stereocenters. The lowest BCUT2D eigenvalue weighted by Gasteiger charge is -2.17. The number of aryl methyl sites for hydroxylation is 4. The summed E-state index contributed by atoms with van der Waals surface area (Å²) in [4.78, 5) is 0. The molecule has 27 heavy (non-hydrogen) atoms. The number of rotatable bonds is 0. The lowest BCUT2D eigenvalue weighted by Crippen LogP contribution is -2.09. The standard InChI is InChI=1S/C21H17O.BF4/c1-3-7-18-14(5-1)9-11-16-13-17-12-10-15-6-2-4-8-19(15)21(17)22-20(16)18;2-1(3,4)5/h1-8,13H,9-12H2;/q+1;-1. The normalized spacial score (nSPS) is 14.1. The Balaban J connectivity index is 0.000000323. The Morgan fingerprint density at radius 2 is 0.963 bits per heavy atom. The maximum Gasteiger partial charge on any atom is 0.673 e. The van der Waals surface area contributed by atoms with E-state index in [-0.39, 0.29) is 0 Å². The van der Waals surface area contributed by atoms with Crippen LogP contribution in [-0.2, 0) is 25.7 Å². The smallest absolute Gasteiger partial charge is 0.418 e. The summed E-state index contributed by atoms with van der Waals surface area (Å²) in [5.41, 5.74) is 8.10. The molecule has 0 fully saturated rings. The highest BCUT2D eigenvalue weighted by atomic mass is 19.5. The van der Waals surface area contributed by atoms with E-state index in [9.17, 15) is 17.3 Å². The van der Waals surface area contributed by atoms with Crippen molar-refractivity contribution < 1.29 is 21.7 Å². The van der Waals surface area contributed by atoms with Crippen molar-refractivity contribution in [3.63, 3.8) is 0 Å². The van der Waals surface area contributed by atoms with Crippen LogP contribution >= 0.6 is 0 Å². The average molecular weight is 372 g/mol. The van der Waals surface area contributed by atoms with Crippen LogP contribution in [0.3, 0.4) is 0 Å². The van der Waals surface area contributed by atoms with Gasteiger partial charge in [-0.1, -0.05) is 36.4 Å². The fourth-order valence-electron chi connectivity index (χ4n) is 3.86. The SMILES string of the molecule is F[B-](F)(F)F.c1ccc2c(c1)CCc1cc3c([o+]c1-2)-c1ccccc1CC3. The summed E-state index contributed by atoms with van der Waals surface area (Å²) in [5.74, 6) is 2.16. The third-order valence-electron chi connectivity index (χ3n) is 4.99. The first kappa shape index (κ1) is 17.8. The lowest BCUT2D eigenvalue weighted by atomic mass is 9.85. The first-order valence-electron chi connectivity index (χ1n) is 8.93. The van der Waals surface area contributed by atoms with E-state index in [1.54, 1.807) is 0 Å². The zero-order valence-corrected chi connectivity index (χ0v) is 14.5. The predicted molar refractivity (Wildman–Crippen MR) is 99.0 cm³/mol. The van der Waals surface area contributed by atoms with Gasteiger partial charge in [0.25, 0.3) is 0 Å². The molecular weight excluding hydrogens is 355 g/mol. The Kier molecular flexibility index (Phi) is 4.50. The fraction of sp³-hybridized carbons (Fsp3) is 0.190. The molecule has 5 rings (SSSR count). The van der Waals surface area contributed by atoms with E-state index >= 15 is 0 Å². The lowest BCUT2D eigenvalue weighted by molar-refractivity contribution is 0.368. The minimum absolute atomic E-state index is 1.08. The molecule has 0 spiro atoms. The summed E-state index contributed by atoms with van der Waals surface area (Å²) < 4.78 is 45.5. The summed E-state index contributed by atoms with van der Waals surface area (Å²) >= 11 is 0. The monoisotopic (exact) mass is 372 g/mol. The maximum absolute atomic E-state index is 9.75. The minimum atomic E-state index is -6.00. The van der Waals surface area contributed by atoms with E-state index in [1.165, 1.54) is 33.4 Å². The van der Waals surface area contributed by atoms with E-state index in [1.807, 2.05) is 0 Å². The second-order valence-electron chi connectivity index (χ2n) is 6.76. The minimum Gasteiger partial charge on any atom is -0.418 e. The Labute approximate surface area is 154 Å². The molecule has 0 radical (unpaired) electrons. The maximum atomic E-state index is 9.75. The van der Waals surface area contributed by atoms with Crippen LogP contribution in [0.15, 0.2) is 59.0 Å². The first-order chi connectivity index (χ1) is 12.9. The highest BCUT2D eigenvalue weighted by Crippen LogP contribution is 2.41. The third-order valence-corrected chi connectivity index (χ3v) is 4.99. The average Bonchev–Trinajstić information content (AvgIpc) is 2.65. The van der Waals surface area contributed by atoms with Gasteiger partial charge in [-0.15, -0.1) is 0 Å².